The number of H-pyrrole nitrogens is 1. The third kappa shape index (κ3) is 3.63. The Morgan fingerprint density at radius 2 is 2.15 bits per heavy atom. The fourth-order valence-electron chi connectivity index (χ4n) is 5.08. The van der Waals surface area contributed by atoms with Crippen molar-refractivity contribution in [1.82, 2.24) is 34.9 Å². The largest absolute Gasteiger partial charge is 0.341 e. The Hall–Kier alpha value is -3.11. The molecule has 1 aliphatic heterocycles. The second-order valence-corrected chi connectivity index (χ2v) is 10.3. The van der Waals surface area contributed by atoms with Crippen LogP contribution in [-0.2, 0) is 17.6 Å². The van der Waals surface area contributed by atoms with Crippen LogP contribution >= 0.6 is 11.3 Å². The number of fused-ring (bicyclic) bond motifs is 4. The van der Waals surface area contributed by atoms with Gasteiger partial charge in [-0.05, 0) is 51.4 Å². The number of hydrogen-bond acceptors (Lipinski definition) is 8. The van der Waals surface area contributed by atoms with Gasteiger partial charge in [0, 0.05) is 35.3 Å². The Labute approximate surface area is 195 Å². The van der Waals surface area contributed by atoms with Crippen molar-refractivity contribution >= 4 is 50.0 Å². The number of carbonyl (C=O) groups excluding carboxylic acids is 1. The molecular formula is C23H26N8OS. The zero-order chi connectivity index (χ0) is 22.5. The minimum atomic E-state index is 0.0588. The Morgan fingerprint density at radius 1 is 1.24 bits per heavy atom. The second kappa shape index (κ2) is 8.03. The fourth-order valence-corrected chi connectivity index (χ4v) is 6.35. The maximum atomic E-state index is 13.2. The Morgan fingerprint density at radius 3 is 3.00 bits per heavy atom. The molecule has 0 spiro atoms. The molecule has 5 heterocycles. The van der Waals surface area contributed by atoms with E-state index in [0.29, 0.717) is 11.9 Å². The molecule has 2 atom stereocenters. The first-order chi connectivity index (χ1) is 16.1. The van der Waals surface area contributed by atoms with Crippen molar-refractivity contribution in [3.8, 4) is 0 Å². The first-order valence-electron chi connectivity index (χ1n) is 11.3. The van der Waals surface area contributed by atoms with Gasteiger partial charge in [-0.15, -0.1) is 11.3 Å². The number of likely N-dealkylation sites (N-methyl/N-ethyl adjacent to an activating group) is 1. The van der Waals surface area contributed by atoms with Crippen LogP contribution in [0.25, 0.3) is 21.3 Å². The number of rotatable bonds is 4. The van der Waals surface area contributed by atoms with Gasteiger partial charge >= 0.3 is 0 Å². The maximum Gasteiger partial charge on any atom is 0.226 e. The average molecular weight is 463 g/mol. The van der Waals surface area contributed by atoms with E-state index < -0.39 is 0 Å². The van der Waals surface area contributed by atoms with Gasteiger partial charge in [0.2, 0.25) is 5.91 Å². The molecule has 10 heteroatoms. The number of anilines is 2. The SMILES string of the molecule is CN(C)[C@@H]1CCN(C(=O)[C@H]2CCc3c(sc4ncnc(Nc5cnc6[nH]ncc6c5)c34)C2)C1. The molecule has 1 amide bonds. The highest BCUT2D eigenvalue weighted by Gasteiger charge is 2.35. The number of likely N-dealkylation sites (tertiary alicyclic amines) is 1. The van der Waals surface area contributed by atoms with Gasteiger partial charge in [0.1, 0.15) is 17.0 Å². The number of pyridine rings is 1. The molecule has 0 radical (unpaired) electrons. The zero-order valence-electron chi connectivity index (χ0n) is 18.7. The van der Waals surface area contributed by atoms with Crippen LogP contribution in [0.5, 0.6) is 0 Å². The zero-order valence-corrected chi connectivity index (χ0v) is 19.5. The molecule has 0 unspecified atom stereocenters. The quantitative estimate of drug-likeness (QED) is 0.481. The molecule has 0 saturated carbocycles. The molecule has 0 bridgehead atoms. The lowest BCUT2D eigenvalue weighted by Gasteiger charge is -2.27. The van der Waals surface area contributed by atoms with Crippen LogP contribution in [0, 0.1) is 5.92 Å². The van der Waals surface area contributed by atoms with E-state index in [1.54, 1.807) is 30.1 Å². The minimum absolute atomic E-state index is 0.0588. The van der Waals surface area contributed by atoms with Gasteiger partial charge < -0.3 is 15.1 Å². The van der Waals surface area contributed by atoms with Gasteiger partial charge in [-0.1, -0.05) is 0 Å². The Kier molecular flexibility index (Phi) is 4.99. The van der Waals surface area contributed by atoms with Gasteiger partial charge in [0.25, 0.3) is 0 Å². The number of nitrogens with zero attached hydrogens (tertiary/aromatic N) is 6. The van der Waals surface area contributed by atoms with E-state index in [1.807, 2.05) is 6.07 Å². The molecule has 4 aromatic heterocycles. The summed E-state index contributed by atoms with van der Waals surface area (Å²) in [5.41, 5.74) is 2.90. The molecule has 0 aromatic carbocycles. The molecule has 9 nitrogen and oxygen atoms in total. The number of thiophene rings is 1. The van der Waals surface area contributed by atoms with Crippen LogP contribution in [0.1, 0.15) is 23.3 Å². The third-order valence-electron chi connectivity index (χ3n) is 6.95. The molecule has 1 aliphatic carbocycles. The summed E-state index contributed by atoms with van der Waals surface area (Å²) in [4.78, 5) is 33.3. The maximum absolute atomic E-state index is 13.2. The molecule has 4 aromatic rings. The molecule has 170 valence electrons. The molecule has 6 rings (SSSR count). The van der Waals surface area contributed by atoms with Crippen LogP contribution in [0.2, 0.25) is 0 Å². The van der Waals surface area contributed by atoms with Gasteiger partial charge in [0.15, 0.2) is 5.65 Å². The van der Waals surface area contributed by atoms with Crippen molar-refractivity contribution in [1.29, 1.82) is 0 Å². The molecule has 1 fully saturated rings. The summed E-state index contributed by atoms with van der Waals surface area (Å²) in [6.07, 6.45) is 8.73. The highest BCUT2D eigenvalue weighted by Crippen LogP contribution is 2.41. The monoisotopic (exact) mass is 462 g/mol. The van der Waals surface area contributed by atoms with Crippen LogP contribution in [-0.4, -0.2) is 74.1 Å². The highest BCUT2D eigenvalue weighted by molar-refractivity contribution is 7.19. The lowest BCUT2D eigenvalue weighted by molar-refractivity contribution is -0.134. The molecule has 33 heavy (non-hydrogen) atoms. The minimum Gasteiger partial charge on any atom is -0.341 e. The summed E-state index contributed by atoms with van der Waals surface area (Å²) < 4.78 is 0. The summed E-state index contributed by atoms with van der Waals surface area (Å²) in [5.74, 6) is 1.16. The van der Waals surface area contributed by atoms with Gasteiger partial charge in [0.05, 0.1) is 23.5 Å². The van der Waals surface area contributed by atoms with Crippen molar-refractivity contribution in [2.75, 3.05) is 32.5 Å². The molecule has 1 saturated heterocycles. The number of aromatic nitrogens is 5. The van der Waals surface area contributed by atoms with Crippen molar-refractivity contribution in [3.63, 3.8) is 0 Å². The van der Waals surface area contributed by atoms with Gasteiger partial charge in [-0.25, -0.2) is 15.0 Å². The van der Waals surface area contributed by atoms with Crippen molar-refractivity contribution in [2.45, 2.75) is 31.7 Å². The summed E-state index contributed by atoms with van der Waals surface area (Å²) in [5, 5.41) is 12.4. The van der Waals surface area contributed by atoms with E-state index in [2.05, 4.69) is 54.4 Å². The molecular weight excluding hydrogens is 436 g/mol. The summed E-state index contributed by atoms with van der Waals surface area (Å²) in [6, 6.07) is 2.47. The van der Waals surface area contributed by atoms with E-state index in [0.717, 1.165) is 71.5 Å². The topological polar surface area (TPSA) is 103 Å². The molecule has 2 aliphatic rings. The van der Waals surface area contributed by atoms with Crippen LogP contribution in [0.3, 0.4) is 0 Å². The van der Waals surface area contributed by atoms with E-state index in [-0.39, 0.29) is 5.92 Å². The number of nitrogens with one attached hydrogen (secondary N) is 2. The van der Waals surface area contributed by atoms with Gasteiger partial charge in [-0.2, -0.15) is 5.10 Å². The van der Waals surface area contributed by atoms with Crippen molar-refractivity contribution in [3.05, 3.63) is 35.2 Å². The van der Waals surface area contributed by atoms with Crippen LogP contribution in [0.4, 0.5) is 11.5 Å². The number of hydrogen-bond donors (Lipinski definition) is 2. The summed E-state index contributed by atoms with van der Waals surface area (Å²) in [6.45, 7) is 1.71. The van der Waals surface area contributed by atoms with Crippen LogP contribution < -0.4 is 5.32 Å². The summed E-state index contributed by atoms with van der Waals surface area (Å²) in [7, 11) is 4.19. The lowest BCUT2D eigenvalue weighted by atomic mass is 9.87. The second-order valence-electron chi connectivity index (χ2n) is 9.19. The summed E-state index contributed by atoms with van der Waals surface area (Å²) >= 11 is 1.70. The van der Waals surface area contributed by atoms with E-state index in [9.17, 15) is 4.79 Å². The highest BCUT2D eigenvalue weighted by atomic mass is 32.1. The number of carbonyl (C=O) groups is 1. The van der Waals surface area contributed by atoms with E-state index >= 15 is 0 Å². The van der Waals surface area contributed by atoms with Crippen molar-refractivity contribution in [2.24, 2.45) is 5.92 Å². The normalized spacial score (nSPS) is 20.6. The van der Waals surface area contributed by atoms with Crippen LogP contribution in [0.15, 0.2) is 24.8 Å². The number of amides is 1. The van der Waals surface area contributed by atoms with Crippen molar-refractivity contribution < 1.29 is 4.79 Å². The third-order valence-corrected chi connectivity index (χ3v) is 8.12. The Bertz CT molecular complexity index is 1340. The number of aromatic amines is 1. The van der Waals surface area contributed by atoms with E-state index in [1.165, 1.54) is 10.4 Å². The number of aryl methyl sites for hydroxylation is 1. The van der Waals surface area contributed by atoms with Gasteiger partial charge in [-0.3, -0.25) is 9.89 Å². The Balaban J connectivity index is 1.25. The fraction of sp³-hybridized carbons (Fsp3) is 0.435. The van der Waals surface area contributed by atoms with E-state index in [4.69, 9.17) is 0 Å². The average Bonchev–Trinajstić information content (AvgIpc) is 3.55. The lowest BCUT2D eigenvalue weighted by Crippen LogP contribution is -2.39. The smallest absolute Gasteiger partial charge is 0.226 e. The predicted molar refractivity (Wildman–Crippen MR) is 129 cm³/mol. The predicted octanol–water partition coefficient (Wildman–Crippen LogP) is 2.97. The standard InChI is InChI=1S/C23H26N8OS/c1-30(2)16-5-6-31(11-16)23(32)13-3-4-17-18(8-13)33-22-19(17)21(25-12-26-22)28-15-7-14-9-27-29-20(14)24-10-15/h7,9-10,12-13,16H,3-6,8,11H2,1-2H3,(H,24,27,29)(H,25,26,28)/t13-,16+/m0/s1. The molecule has 2 N–H and O–H groups in total. The first kappa shape index (κ1) is 20.5. The first-order valence-corrected chi connectivity index (χ1v) is 12.1.